The molecule has 1 aliphatic carbocycles. The minimum atomic E-state index is 0.884. The first kappa shape index (κ1) is 12.7. The average Bonchev–Trinajstić information content (AvgIpc) is 2.33. The molecule has 0 bridgehead atoms. The molecule has 1 unspecified atom stereocenters. The van der Waals surface area contributed by atoms with Crippen LogP contribution < -0.4 is 0 Å². The summed E-state index contributed by atoms with van der Waals surface area (Å²) in [4.78, 5) is 0. The van der Waals surface area contributed by atoms with Crippen molar-refractivity contribution in [2.75, 3.05) is 0 Å². The quantitative estimate of drug-likeness (QED) is 0.702. The van der Waals surface area contributed by atoms with E-state index in [1.54, 1.807) is 22.3 Å². The van der Waals surface area contributed by atoms with Crippen LogP contribution in [0.1, 0.15) is 62.3 Å². The zero-order valence-electron chi connectivity index (χ0n) is 11.7. The lowest BCUT2D eigenvalue weighted by Gasteiger charge is -2.26. The average molecular weight is 230 g/mol. The number of aryl methyl sites for hydroxylation is 2. The van der Waals surface area contributed by atoms with Gasteiger partial charge in [-0.25, -0.2) is 0 Å². The Morgan fingerprint density at radius 2 is 1.88 bits per heavy atom. The van der Waals surface area contributed by atoms with E-state index in [2.05, 4.69) is 32.9 Å². The molecule has 1 atom stereocenters. The second-order valence-corrected chi connectivity index (χ2v) is 5.69. The van der Waals surface area contributed by atoms with Gasteiger partial charge in [0, 0.05) is 0 Å². The van der Waals surface area contributed by atoms with Crippen molar-refractivity contribution >= 4 is 0 Å². The van der Waals surface area contributed by atoms with Crippen molar-refractivity contribution in [1.82, 2.24) is 0 Å². The van der Waals surface area contributed by atoms with Crippen molar-refractivity contribution < 1.29 is 0 Å². The predicted molar refractivity (Wildman–Crippen MR) is 75.6 cm³/mol. The summed E-state index contributed by atoms with van der Waals surface area (Å²) >= 11 is 0. The fourth-order valence-electron chi connectivity index (χ4n) is 3.20. The van der Waals surface area contributed by atoms with E-state index in [9.17, 15) is 0 Å². The van der Waals surface area contributed by atoms with Crippen molar-refractivity contribution in [3.05, 3.63) is 34.4 Å². The van der Waals surface area contributed by atoms with E-state index in [1.807, 2.05) is 0 Å². The summed E-state index contributed by atoms with van der Waals surface area (Å²) in [5, 5.41) is 0. The Balaban J connectivity index is 2.40. The lowest BCUT2D eigenvalue weighted by atomic mass is 9.79. The number of rotatable bonds is 4. The van der Waals surface area contributed by atoms with Crippen LogP contribution in [-0.2, 0) is 25.7 Å². The molecule has 0 spiro atoms. The molecule has 0 N–H and O–H groups in total. The molecule has 0 aromatic heterocycles. The number of hydrogen-bond acceptors (Lipinski definition) is 0. The third-order valence-corrected chi connectivity index (χ3v) is 4.10. The Labute approximate surface area is 106 Å². The lowest BCUT2D eigenvalue weighted by Crippen LogP contribution is -2.15. The van der Waals surface area contributed by atoms with Crippen LogP contribution in [0.5, 0.6) is 0 Å². The molecular weight excluding hydrogens is 204 g/mol. The van der Waals surface area contributed by atoms with Gasteiger partial charge in [-0.3, -0.25) is 0 Å². The molecule has 1 aromatic carbocycles. The van der Waals surface area contributed by atoms with Crippen LogP contribution in [0.3, 0.4) is 0 Å². The fraction of sp³-hybridized carbons (Fsp3) is 0.647. The highest BCUT2D eigenvalue weighted by Crippen LogP contribution is 2.31. The summed E-state index contributed by atoms with van der Waals surface area (Å²) in [6.45, 7) is 7.00. The highest BCUT2D eigenvalue weighted by atomic mass is 14.2. The van der Waals surface area contributed by atoms with E-state index in [4.69, 9.17) is 0 Å². The molecule has 1 aromatic rings. The molecule has 0 amide bonds. The smallest absolute Gasteiger partial charge is 0.0247 e. The molecule has 0 nitrogen and oxygen atoms in total. The number of hydrogen-bond donors (Lipinski definition) is 0. The van der Waals surface area contributed by atoms with Gasteiger partial charge in [0.2, 0.25) is 0 Å². The maximum absolute atomic E-state index is 2.41. The van der Waals surface area contributed by atoms with Crippen LogP contribution in [0, 0.1) is 5.92 Å². The molecule has 0 aliphatic heterocycles. The third-order valence-electron chi connectivity index (χ3n) is 4.10. The molecule has 1 aliphatic rings. The molecular formula is C17H26. The maximum atomic E-state index is 2.41. The van der Waals surface area contributed by atoms with Gasteiger partial charge in [0.1, 0.15) is 0 Å². The van der Waals surface area contributed by atoms with Crippen LogP contribution in [-0.4, -0.2) is 0 Å². The van der Waals surface area contributed by atoms with Gasteiger partial charge in [0.15, 0.2) is 0 Å². The van der Waals surface area contributed by atoms with Gasteiger partial charge in [-0.15, -0.1) is 0 Å². The van der Waals surface area contributed by atoms with E-state index in [1.165, 1.54) is 44.9 Å². The van der Waals surface area contributed by atoms with Crippen LogP contribution >= 0.6 is 0 Å². The second kappa shape index (κ2) is 5.71. The first-order valence-corrected chi connectivity index (χ1v) is 7.38. The van der Waals surface area contributed by atoms with Crippen LogP contribution in [0.25, 0.3) is 0 Å². The van der Waals surface area contributed by atoms with E-state index in [-0.39, 0.29) is 0 Å². The molecule has 17 heavy (non-hydrogen) atoms. The van der Waals surface area contributed by atoms with Crippen molar-refractivity contribution in [2.24, 2.45) is 5.92 Å². The zero-order valence-corrected chi connectivity index (χ0v) is 11.7. The minimum absolute atomic E-state index is 0.884. The standard InChI is InChI=1S/C17H26/c1-4-6-14-10-11-15-9-8-13(3)12-17(15)16(14)7-5-2/h10-11,13H,4-9,12H2,1-3H3. The zero-order chi connectivity index (χ0) is 12.3. The van der Waals surface area contributed by atoms with E-state index in [0.717, 1.165) is 5.92 Å². The number of fused-ring (bicyclic) bond motifs is 1. The largest absolute Gasteiger partial charge is 0.0651 e. The first-order valence-electron chi connectivity index (χ1n) is 7.38. The van der Waals surface area contributed by atoms with Crippen LogP contribution in [0.2, 0.25) is 0 Å². The van der Waals surface area contributed by atoms with Gasteiger partial charge >= 0.3 is 0 Å². The Morgan fingerprint density at radius 3 is 2.59 bits per heavy atom. The molecule has 0 heteroatoms. The van der Waals surface area contributed by atoms with Crippen molar-refractivity contribution in [1.29, 1.82) is 0 Å². The van der Waals surface area contributed by atoms with E-state index >= 15 is 0 Å². The normalized spacial score (nSPS) is 19.1. The third kappa shape index (κ3) is 2.73. The summed E-state index contributed by atoms with van der Waals surface area (Å²) in [7, 11) is 0. The van der Waals surface area contributed by atoms with Gasteiger partial charge in [-0.05, 0) is 60.3 Å². The molecule has 0 heterocycles. The first-order chi connectivity index (χ1) is 8.26. The molecule has 0 fully saturated rings. The van der Waals surface area contributed by atoms with E-state index < -0.39 is 0 Å². The van der Waals surface area contributed by atoms with Crippen LogP contribution in [0.4, 0.5) is 0 Å². The number of benzene rings is 1. The summed E-state index contributed by atoms with van der Waals surface area (Å²) < 4.78 is 0. The van der Waals surface area contributed by atoms with Crippen molar-refractivity contribution in [3.8, 4) is 0 Å². The molecule has 0 saturated heterocycles. The van der Waals surface area contributed by atoms with Gasteiger partial charge < -0.3 is 0 Å². The Hall–Kier alpha value is -0.780. The van der Waals surface area contributed by atoms with Crippen LogP contribution in [0.15, 0.2) is 12.1 Å². The van der Waals surface area contributed by atoms with E-state index in [0.29, 0.717) is 0 Å². The second-order valence-electron chi connectivity index (χ2n) is 5.69. The minimum Gasteiger partial charge on any atom is -0.0651 e. The summed E-state index contributed by atoms with van der Waals surface area (Å²) in [6, 6.07) is 4.81. The van der Waals surface area contributed by atoms with Crippen molar-refractivity contribution in [2.45, 2.75) is 65.7 Å². The Kier molecular flexibility index (Phi) is 4.25. The maximum Gasteiger partial charge on any atom is -0.0247 e. The Morgan fingerprint density at radius 1 is 1.12 bits per heavy atom. The highest BCUT2D eigenvalue weighted by molar-refractivity contribution is 5.43. The summed E-state index contributed by atoms with van der Waals surface area (Å²) in [6.07, 6.45) is 9.10. The monoisotopic (exact) mass is 230 g/mol. The molecule has 0 saturated carbocycles. The summed E-state index contributed by atoms with van der Waals surface area (Å²) in [5.41, 5.74) is 6.70. The fourth-order valence-corrected chi connectivity index (χ4v) is 3.20. The van der Waals surface area contributed by atoms with Gasteiger partial charge in [0.25, 0.3) is 0 Å². The van der Waals surface area contributed by atoms with Crippen molar-refractivity contribution in [3.63, 3.8) is 0 Å². The SMILES string of the molecule is CCCc1ccc2c(c1CCC)CC(C)CC2. The topological polar surface area (TPSA) is 0 Å². The van der Waals surface area contributed by atoms with Gasteiger partial charge in [-0.2, -0.15) is 0 Å². The predicted octanol–water partition coefficient (Wildman–Crippen LogP) is 4.72. The molecule has 0 radical (unpaired) electrons. The van der Waals surface area contributed by atoms with Gasteiger partial charge in [0.05, 0.1) is 0 Å². The Bertz CT molecular complexity index is 376. The summed E-state index contributed by atoms with van der Waals surface area (Å²) in [5.74, 6) is 0.884. The highest BCUT2D eigenvalue weighted by Gasteiger charge is 2.19. The van der Waals surface area contributed by atoms with Gasteiger partial charge in [-0.1, -0.05) is 45.7 Å². The lowest BCUT2D eigenvalue weighted by molar-refractivity contribution is 0.497. The molecule has 94 valence electrons. The molecule has 2 rings (SSSR count).